The Morgan fingerprint density at radius 3 is 2.83 bits per heavy atom. The second-order valence-electron chi connectivity index (χ2n) is 4.06. The molecule has 1 N–H and O–H groups in total. The fourth-order valence-corrected chi connectivity index (χ4v) is 2.92. The van der Waals surface area contributed by atoms with Gasteiger partial charge in [0.1, 0.15) is 16.5 Å². The lowest BCUT2D eigenvalue weighted by Gasteiger charge is -2.11. The highest BCUT2D eigenvalue weighted by Gasteiger charge is 2.23. The first-order valence-electron chi connectivity index (χ1n) is 5.55. The zero-order valence-electron chi connectivity index (χ0n) is 9.53. The van der Waals surface area contributed by atoms with Crippen molar-refractivity contribution >= 4 is 10.0 Å². The molecule has 4 nitrogen and oxygen atoms in total. The molecule has 1 atom stereocenters. The van der Waals surface area contributed by atoms with Crippen LogP contribution in [0.1, 0.15) is 12.8 Å². The molecule has 1 aromatic rings. The van der Waals surface area contributed by atoms with Crippen molar-refractivity contribution in [2.45, 2.75) is 23.8 Å². The molecule has 0 bridgehead atoms. The van der Waals surface area contributed by atoms with E-state index in [9.17, 15) is 17.2 Å². The van der Waals surface area contributed by atoms with E-state index < -0.39 is 26.6 Å². The van der Waals surface area contributed by atoms with Crippen LogP contribution in [-0.2, 0) is 14.8 Å². The maximum atomic E-state index is 13.3. The van der Waals surface area contributed by atoms with Gasteiger partial charge in [0.05, 0.1) is 6.10 Å². The van der Waals surface area contributed by atoms with E-state index in [1.165, 1.54) is 0 Å². The van der Waals surface area contributed by atoms with Crippen LogP contribution in [0, 0.1) is 11.6 Å². The molecule has 1 aromatic carbocycles. The van der Waals surface area contributed by atoms with Crippen LogP contribution in [0.25, 0.3) is 0 Å². The third-order valence-electron chi connectivity index (χ3n) is 2.71. The Morgan fingerprint density at radius 1 is 1.39 bits per heavy atom. The van der Waals surface area contributed by atoms with E-state index in [0.717, 1.165) is 25.0 Å². The van der Waals surface area contributed by atoms with Gasteiger partial charge < -0.3 is 4.74 Å². The van der Waals surface area contributed by atoms with Gasteiger partial charge in [-0.15, -0.1) is 0 Å². The van der Waals surface area contributed by atoms with Gasteiger partial charge >= 0.3 is 0 Å². The Bertz CT molecular complexity index is 527. The summed E-state index contributed by atoms with van der Waals surface area (Å²) in [5.74, 6) is -1.77. The number of ether oxygens (including phenoxy) is 1. The molecule has 1 unspecified atom stereocenters. The molecule has 7 heteroatoms. The van der Waals surface area contributed by atoms with Crippen LogP contribution in [0.15, 0.2) is 23.1 Å². The van der Waals surface area contributed by atoms with E-state index in [4.69, 9.17) is 4.74 Å². The summed E-state index contributed by atoms with van der Waals surface area (Å²) in [6.07, 6.45) is 1.44. The van der Waals surface area contributed by atoms with Gasteiger partial charge in [-0.3, -0.25) is 0 Å². The topological polar surface area (TPSA) is 55.4 Å². The lowest BCUT2D eigenvalue weighted by atomic mass is 10.2. The maximum absolute atomic E-state index is 13.3. The van der Waals surface area contributed by atoms with Crippen molar-refractivity contribution in [2.75, 3.05) is 13.2 Å². The maximum Gasteiger partial charge on any atom is 0.243 e. The van der Waals surface area contributed by atoms with E-state index in [-0.39, 0.29) is 12.6 Å². The lowest BCUT2D eigenvalue weighted by Crippen LogP contribution is -2.32. The molecule has 1 saturated heterocycles. The molecule has 1 aliphatic heterocycles. The number of nitrogens with one attached hydrogen (secondary N) is 1. The normalized spacial score (nSPS) is 20.2. The molecule has 1 fully saturated rings. The highest BCUT2D eigenvalue weighted by atomic mass is 32.2. The Balaban J connectivity index is 2.12. The number of hydrogen-bond donors (Lipinski definition) is 1. The quantitative estimate of drug-likeness (QED) is 0.905. The van der Waals surface area contributed by atoms with Crippen molar-refractivity contribution in [3.05, 3.63) is 29.8 Å². The highest BCUT2D eigenvalue weighted by molar-refractivity contribution is 7.89. The van der Waals surface area contributed by atoms with E-state index in [2.05, 4.69) is 4.72 Å². The summed E-state index contributed by atoms with van der Waals surface area (Å²) >= 11 is 0. The first-order chi connectivity index (χ1) is 8.49. The molecular weight excluding hydrogens is 264 g/mol. The summed E-state index contributed by atoms with van der Waals surface area (Å²) in [5.41, 5.74) is 0. The average molecular weight is 277 g/mol. The first-order valence-corrected chi connectivity index (χ1v) is 7.04. The van der Waals surface area contributed by atoms with Crippen molar-refractivity contribution in [1.29, 1.82) is 0 Å². The van der Waals surface area contributed by atoms with Gasteiger partial charge in [0.25, 0.3) is 0 Å². The SMILES string of the molecule is O=S(=O)(NCC1CCCO1)c1cc(F)ccc1F. The molecule has 2 rings (SSSR count). The third-order valence-corrected chi connectivity index (χ3v) is 4.15. The molecule has 18 heavy (non-hydrogen) atoms. The Hall–Kier alpha value is -1.05. The molecule has 0 saturated carbocycles. The number of rotatable bonds is 4. The monoisotopic (exact) mass is 277 g/mol. The summed E-state index contributed by atoms with van der Waals surface area (Å²) in [6, 6.07) is 2.32. The largest absolute Gasteiger partial charge is 0.377 e. The molecule has 0 radical (unpaired) electrons. The van der Waals surface area contributed by atoms with Crippen molar-refractivity contribution in [3.63, 3.8) is 0 Å². The van der Waals surface area contributed by atoms with Gasteiger partial charge in [0.2, 0.25) is 10.0 Å². The molecule has 0 aliphatic carbocycles. The van der Waals surface area contributed by atoms with Crippen LogP contribution in [0.4, 0.5) is 8.78 Å². The fraction of sp³-hybridized carbons (Fsp3) is 0.455. The highest BCUT2D eigenvalue weighted by Crippen LogP contribution is 2.17. The fourth-order valence-electron chi connectivity index (χ4n) is 1.77. The average Bonchev–Trinajstić information content (AvgIpc) is 2.83. The molecule has 1 heterocycles. The van der Waals surface area contributed by atoms with Crippen molar-refractivity contribution in [3.8, 4) is 0 Å². The molecular formula is C11H13F2NO3S. The number of sulfonamides is 1. The molecule has 0 amide bonds. The van der Waals surface area contributed by atoms with E-state index in [0.29, 0.717) is 12.7 Å². The van der Waals surface area contributed by atoms with E-state index in [1.807, 2.05) is 0 Å². The van der Waals surface area contributed by atoms with Crippen LogP contribution in [0.5, 0.6) is 0 Å². The van der Waals surface area contributed by atoms with Crippen molar-refractivity contribution in [2.24, 2.45) is 0 Å². The van der Waals surface area contributed by atoms with Gasteiger partial charge in [0, 0.05) is 13.2 Å². The summed E-state index contributed by atoms with van der Waals surface area (Å²) in [6.45, 7) is 0.666. The molecule has 100 valence electrons. The van der Waals surface area contributed by atoms with E-state index in [1.54, 1.807) is 0 Å². The zero-order chi connectivity index (χ0) is 13.2. The van der Waals surface area contributed by atoms with Crippen LogP contribution in [0.2, 0.25) is 0 Å². The van der Waals surface area contributed by atoms with Crippen molar-refractivity contribution < 1.29 is 21.9 Å². The summed E-state index contributed by atoms with van der Waals surface area (Å²) in [5, 5.41) is 0. The standard InChI is InChI=1S/C11H13F2NO3S/c12-8-3-4-10(13)11(6-8)18(15,16)14-7-9-2-1-5-17-9/h3-4,6,9,14H,1-2,5,7H2. The Morgan fingerprint density at radius 2 is 2.17 bits per heavy atom. The third kappa shape index (κ3) is 3.04. The van der Waals surface area contributed by atoms with Gasteiger partial charge in [0.15, 0.2) is 0 Å². The van der Waals surface area contributed by atoms with Crippen LogP contribution >= 0.6 is 0 Å². The Kier molecular flexibility index (Phi) is 3.94. The predicted molar refractivity (Wildman–Crippen MR) is 60.5 cm³/mol. The van der Waals surface area contributed by atoms with Gasteiger partial charge in [-0.05, 0) is 31.0 Å². The number of hydrogen-bond acceptors (Lipinski definition) is 3. The van der Waals surface area contributed by atoms with Gasteiger partial charge in [-0.1, -0.05) is 0 Å². The smallest absolute Gasteiger partial charge is 0.243 e. The lowest BCUT2D eigenvalue weighted by molar-refractivity contribution is 0.114. The summed E-state index contributed by atoms with van der Waals surface area (Å²) in [4.78, 5) is -0.680. The summed E-state index contributed by atoms with van der Waals surface area (Å²) < 4.78 is 57.3. The van der Waals surface area contributed by atoms with Crippen LogP contribution in [0.3, 0.4) is 0 Å². The van der Waals surface area contributed by atoms with E-state index >= 15 is 0 Å². The van der Waals surface area contributed by atoms with Crippen molar-refractivity contribution in [1.82, 2.24) is 4.72 Å². The molecule has 1 aliphatic rings. The predicted octanol–water partition coefficient (Wildman–Crippen LogP) is 1.42. The summed E-state index contributed by atoms with van der Waals surface area (Å²) in [7, 11) is -4.05. The minimum absolute atomic E-state index is 0.0677. The zero-order valence-corrected chi connectivity index (χ0v) is 10.3. The van der Waals surface area contributed by atoms with Crippen LogP contribution < -0.4 is 4.72 Å². The molecule has 0 spiro atoms. The second-order valence-corrected chi connectivity index (χ2v) is 5.80. The minimum atomic E-state index is -4.05. The second kappa shape index (κ2) is 5.29. The number of benzene rings is 1. The Labute approximate surface area is 104 Å². The number of halogens is 2. The van der Waals surface area contributed by atoms with Gasteiger partial charge in [-0.2, -0.15) is 0 Å². The first kappa shape index (κ1) is 13.4. The van der Waals surface area contributed by atoms with Crippen LogP contribution in [-0.4, -0.2) is 27.7 Å². The molecule has 0 aromatic heterocycles. The van der Waals surface area contributed by atoms with Gasteiger partial charge in [-0.25, -0.2) is 21.9 Å². The minimum Gasteiger partial charge on any atom is -0.377 e.